The molecule has 0 aromatic heterocycles. The highest BCUT2D eigenvalue weighted by atomic mass is 79.9. The Hall–Kier alpha value is -1.53. The van der Waals surface area contributed by atoms with Gasteiger partial charge in [-0.15, -0.1) is 0 Å². The zero-order valence-electron chi connectivity index (χ0n) is 14.4. The van der Waals surface area contributed by atoms with Gasteiger partial charge in [0.1, 0.15) is 11.5 Å². The topological polar surface area (TPSA) is 47.6 Å². The van der Waals surface area contributed by atoms with Crippen LogP contribution in [0, 0.1) is 6.92 Å². The average molecular weight is 471 g/mol. The smallest absolute Gasteiger partial charge is 0.262 e. The summed E-state index contributed by atoms with van der Waals surface area (Å²) < 4.78 is 13.1. The van der Waals surface area contributed by atoms with Crippen LogP contribution in [0.15, 0.2) is 45.3 Å². The van der Waals surface area contributed by atoms with Crippen LogP contribution >= 0.6 is 31.9 Å². The summed E-state index contributed by atoms with van der Waals surface area (Å²) in [6.07, 6.45) is 1.11. The van der Waals surface area contributed by atoms with Crippen molar-refractivity contribution in [3.8, 4) is 11.5 Å². The fourth-order valence-electron chi connectivity index (χ4n) is 2.14. The number of ether oxygens (including phenoxy) is 2. The molecule has 0 saturated carbocycles. The molecule has 25 heavy (non-hydrogen) atoms. The van der Waals surface area contributed by atoms with Crippen LogP contribution < -0.4 is 14.8 Å². The number of carbonyl (C=O) groups excluding carboxylic acids is 1. The van der Waals surface area contributed by atoms with Gasteiger partial charge in [0.25, 0.3) is 5.91 Å². The quantitative estimate of drug-likeness (QED) is 0.563. The van der Waals surface area contributed by atoms with Crippen molar-refractivity contribution in [1.82, 2.24) is 0 Å². The monoisotopic (exact) mass is 469 g/mol. The van der Waals surface area contributed by atoms with E-state index in [2.05, 4.69) is 44.1 Å². The first-order valence-electron chi connectivity index (χ1n) is 8.04. The lowest BCUT2D eigenvalue weighted by Gasteiger charge is -2.14. The van der Waals surface area contributed by atoms with Crippen LogP contribution in [0.5, 0.6) is 11.5 Å². The predicted octanol–water partition coefficient (Wildman–Crippen LogP) is 5.71. The highest BCUT2D eigenvalue weighted by Crippen LogP contribution is 2.32. The van der Waals surface area contributed by atoms with Crippen LogP contribution in [-0.4, -0.2) is 18.6 Å². The Balaban J connectivity index is 1.90. The van der Waals surface area contributed by atoms with Gasteiger partial charge in [-0.25, -0.2) is 0 Å². The summed E-state index contributed by atoms with van der Waals surface area (Å²) in [6, 6.07) is 11.1. The summed E-state index contributed by atoms with van der Waals surface area (Å²) in [5.41, 5.74) is 1.65. The van der Waals surface area contributed by atoms with Crippen molar-refractivity contribution >= 4 is 43.5 Å². The second-order valence-corrected chi connectivity index (χ2v) is 7.50. The maximum Gasteiger partial charge on any atom is 0.262 e. The second-order valence-electron chi connectivity index (χ2n) is 5.73. The van der Waals surface area contributed by atoms with Crippen molar-refractivity contribution < 1.29 is 14.3 Å². The fraction of sp³-hybridized carbons (Fsp3) is 0.316. The Morgan fingerprint density at radius 2 is 1.88 bits per heavy atom. The summed E-state index contributed by atoms with van der Waals surface area (Å²) in [6.45, 7) is 5.96. The number of benzene rings is 2. The SMILES string of the molecule is CCC(C)Oc1ccc(NC(=O)COc2c(C)cc(Br)cc2Br)cc1. The number of aryl methyl sites for hydroxylation is 1. The van der Waals surface area contributed by atoms with Gasteiger partial charge in [0.2, 0.25) is 0 Å². The van der Waals surface area contributed by atoms with Crippen molar-refractivity contribution in [3.05, 3.63) is 50.9 Å². The van der Waals surface area contributed by atoms with E-state index in [9.17, 15) is 4.79 Å². The van der Waals surface area contributed by atoms with Gasteiger partial charge in [0.05, 0.1) is 10.6 Å². The highest BCUT2D eigenvalue weighted by molar-refractivity contribution is 9.11. The van der Waals surface area contributed by atoms with Crippen LogP contribution in [0.1, 0.15) is 25.8 Å². The first kappa shape index (κ1) is 19.8. The van der Waals surface area contributed by atoms with E-state index in [1.54, 1.807) is 0 Å². The highest BCUT2D eigenvalue weighted by Gasteiger charge is 2.10. The number of hydrogen-bond acceptors (Lipinski definition) is 3. The van der Waals surface area contributed by atoms with Gasteiger partial charge in [0, 0.05) is 10.2 Å². The lowest BCUT2D eigenvalue weighted by molar-refractivity contribution is -0.118. The van der Waals surface area contributed by atoms with E-state index in [4.69, 9.17) is 9.47 Å². The van der Waals surface area contributed by atoms with Crippen LogP contribution in [0.3, 0.4) is 0 Å². The number of halogens is 2. The molecule has 4 nitrogen and oxygen atoms in total. The molecule has 1 amide bonds. The third-order valence-corrected chi connectivity index (χ3v) is 4.64. The van der Waals surface area contributed by atoms with Crippen LogP contribution in [-0.2, 0) is 4.79 Å². The Morgan fingerprint density at radius 3 is 2.48 bits per heavy atom. The molecule has 2 rings (SSSR count). The summed E-state index contributed by atoms with van der Waals surface area (Å²) >= 11 is 6.87. The third-order valence-electron chi connectivity index (χ3n) is 3.59. The molecule has 0 aliphatic heterocycles. The summed E-state index contributed by atoms with van der Waals surface area (Å²) in [5, 5.41) is 2.81. The Bertz CT molecular complexity index is 709. The van der Waals surface area contributed by atoms with Gasteiger partial charge in [-0.1, -0.05) is 22.9 Å². The minimum Gasteiger partial charge on any atom is -0.491 e. The normalized spacial score (nSPS) is 11.7. The molecule has 0 aliphatic carbocycles. The molecule has 0 radical (unpaired) electrons. The van der Waals surface area contributed by atoms with Crippen LogP contribution in [0.25, 0.3) is 0 Å². The Kier molecular flexibility index (Phi) is 7.32. The summed E-state index contributed by atoms with van der Waals surface area (Å²) in [7, 11) is 0. The van der Waals surface area contributed by atoms with E-state index in [0.29, 0.717) is 11.4 Å². The molecular formula is C19H21Br2NO3. The number of hydrogen-bond donors (Lipinski definition) is 1. The summed E-state index contributed by atoms with van der Waals surface area (Å²) in [4.78, 5) is 12.1. The molecule has 2 aromatic carbocycles. The maximum atomic E-state index is 12.1. The van der Waals surface area contributed by atoms with E-state index >= 15 is 0 Å². The zero-order chi connectivity index (χ0) is 18.4. The van der Waals surface area contributed by atoms with Gasteiger partial charge < -0.3 is 14.8 Å². The molecule has 0 fully saturated rings. The standard InChI is InChI=1S/C19H21Br2NO3/c1-4-13(3)25-16-7-5-15(6-8-16)22-18(23)11-24-19-12(2)9-14(20)10-17(19)21/h5-10,13H,4,11H2,1-3H3,(H,22,23). The van der Waals surface area contributed by atoms with Gasteiger partial charge in [-0.3, -0.25) is 4.79 Å². The molecule has 0 saturated heterocycles. The molecular weight excluding hydrogens is 450 g/mol. The van der Waals surface area contributed by atoms with Crippen molar-refractivity contribution in [2.75, 3.05) is 11.9 Å². The molecule has 1 unspecified atom stereocenters. The van der Waals surface area contributed by atoms with Crippen LogP contribution in [0.4, 0.5) is 5.69 Å². The minimum atomic E-state index is -0.218. The van der Waals surface area contributed by atoms with Crippen molar-refractivity contribution in [2.24, 2.45) is 0 Å². The first-order chi connectivity index (χ1) is 11.9. The maximum absolute atomic E-state index is 12.1. The van der Waals surface area contributed by atoms with E-state index in [1.807, 2.05) is 50.2 Å². The minimum absolute atomic E-state index is 0.0633. The Morgan fingerprint density at radius 1 is 1.20 bits per heavy atom. The number of nitrogens with one attached hydrogen (secondary N) is 1. The lowest BCUT2D eigenvalue weighted by atomic mass is 10.2. The number of rotatable bonds is 7. The van der Waals surface area contributed by atoms with Crippen LogP contribution in [0.2, 0.25) is 0 Å². The molecule has 1 atom stereocenters. The van der Waals surface area contributed by atoms with Crippen molar-refractivity contribution in [1.29, 1.82) is 0 Å². The third kappa shape index (κ3) is 6.04. The molecule has 134 valence electrons. The van der Waals surface area contributed by atoms with E-state index in [0.717, 1.165) is 26.7 Å². The van der Waals surface area contributed by atoms with Gasteiger partial charge >= 0.3 is 0 Å². The largest absolute Gasteiger partial charge is 0.491 e. The van der Waals surface area contributed by atoms with E-state index in [-0.39, 0.29) is 18.6 Å². The molecule has 0 bridgehead atoms. The van der Waals surface area contributed by atoms with E-state index in [1.165, 1.54) is 0 Å². The number of carbonyl (C=O) groups is 1. The molecule has 0 aliphatic rings. The first-order valence-corrected chi connectivity index (χ1v) is 9.62. The van der Waals surface area contributed by atoms with Crippen molar-refractivity contribution in [2.45, 2.75) is 33.3 Å². The molecule has 2 aromatic rings. The molecule has 6 heteroatoms. The van der Waals surface area contributed by atoms with Gasteiger partial charge in [0.15, 0.2) is 6.61 Å². The average Bonchev–Trinajstić information content (AvgIpc) is 2.55. The molecule has 0 heterocycles. The lowest BCUT2D eigenvalue weighted by Crippen LogP contribution is -2.20. The molecule has 1 N–H and O–H groups in total. The molecule has 0 spiro atoms. The van der Waals surface area contributed by atoms with Crippen molar-refractivity contribution in [3.63, 3.8) is 0 Å². The fourth-order valence-corrected chi connectivity index (χ4v) is 3.69. The summed E-state index contributed by atoms with van der Waals surface area (Å²) in [5.74, 6) is 1.23. The number of anilines is 1. The van der Waals surface area contributed by atoms with Gasteiger partial charge in [-0.05, 0) is 78.2 Å². The zero-order valence-corrected chi connectivity index (χ0v) is 17.6. The number of amides is 1. The predicted molar refractivity (Wildman–Crippen MR) is 108 cm³/mol. The second kappa shape index (κ2) is 9.25. The van der Waals surface area contributed by atoms with Gasteiger partial charge in [-0.2, -0.15) is 0 Å². The Labute approximate surface area is 165 Å². The van der Waals surface area contributed by atoms with E-state index < -0.39 is 0 Å².